The summed E-state index contributed by atoms with van der Waals surface area (Å²) in [6.45, 7) is 3.63. The van der Waals surface area contributed by atoms with Crippen molar-refractivity contribution < 1.29 is 33.2 Å². The number of pyridine rings is 1. The van der Waals surface area contributed by atoms with Crippen molar-refractivity contribution in [3.05, 3.63) is 76.7 Å². The lowest BCUT2D eigenvalue weighted by Gasteiger charge is -2.32. The molecule has 2 aromatic carbocycles. The number of ether oxygens (including phenoxy) is 4. The van der Waals surface area contributed by atoms with Crippen molar-refractivity contribution in [3.63, 3.8) is 0 Å². The zero-order valence-corrected chi connectivity index (χ0v) is 27.2. The van der Waals surface area contributed by atoms with Crippen molar-refractivity contribution in [2.45, 2.75) is 76.1 Å². The maximum atomic E-state index is 15.3. The molecule has 1 saturated carbocycles. The number of fused-ring (bicyclic) bond motifs is 1. The predicted molar refractivity (Wildman–Crippen MR) is 173 cm³/mol. The van der Waals surface area contributed by atoms with E-state index in [-0.39, 0.29) is 24.1 Å². The van der Waals surface area contributed by atoms with Crippen molar-refractivity contribution in [2.24, 2.45) is 11.8 Å². The number of aromatic nitrogens is 1. The fraction of sp³-hybridized carbons (Fsp3) is 0.514. The van der Waals surface area contributed by atoms with E-state index in [2.05, 4.69) is 34.1 Å². The molecule has 2 fully saturated rings. The lowest BCUT2D eigenvalue weighted by molar-refractivity contribution is -0.142. The average Bonchev–Trinajstić information content (AvgIpc) is 3.83. The number of methoxy groups -OCH3 is 3. The van der Waals surface area contributed by atoms with Crippen LogP contribution in [-0.4, -0.2) is 67.6 Å². The number of benzene rings is 2. The second-order valence-corrected chi connectivity index (χ2v) is 13.1. The molecule has 1 saturated heterocycles. The maximum Gasteiger partial charge on any atom is 0.306 e. The molecule has 1 aliphatic carbocycles. The fourth-order valence-electron chi connectivity index (χ4n) is 7.56. The first-order valence-electron chi connectivity index (χ1n) is 16.4. The van der Waals surface area contributed by atoms with Crippen molar-refractivity contribution in [1.29, 1.82) is 0 Å². The Morgan fingerprint density at radius 3 is 2.39 bits per heavy atom. The van der Waals surface area contributed by atoms with Crippen molar-refractivity contribution in [1.82, 2.24) is 9.88 Å². The molecule has 2 unspecified atom stereocenters. The highest BCUT2D eigenvalue weighted by Crippen LogP contribution is 2.48. The van der Waals surface area contributed by atoms with Gasteiger partial charge in [0.25, 0.3) is 0 Å². The first-order chi connectivity index (χ1) is 22.3. The van der Waals surface area contributed by atoms with Gasteiger partial charge in [0.05, 0.1) is 32.4 Å². The monoisotopic (exact) mass is 632 g/mol. The number of hydrogen-bond acceptors (Lipinski definition) is 7. The maximum absolute atomic E-state index is 15.3. The molecule has 9 heteroatoms. The van der Waals surface area contributed by atoms with Gasteiger partial charge in [0.1, 0.15) is 17.7 Å². The number of carboxylic acid groups (broad SMARTS) is 1. The van der Waals surface area contributed by atoms with Gasteiger partial charge in [-0.25, -0.2) is 9.37 Å². The summed E-state index contributed by atoms with van der Waals surface area (Å²) in [6, 6.07) is 14.6. The van der Waals surface area contributed by atoms with Gasteiger partial charge in [-0.3, -0.25) is 9.69 Å². The molecule has 246 valence electrons. The smallest absolute Gasteiger partial charge is 0.306 e. The molecule has 6 rings (SSSR count). The fourth-order valence-corrected chi connectivity index (χ4v) is 7.56. The van der Waals surface area contributed by atoms with Crippen molar-refractivity contribution in [3.8, 4) is 22.8 Å². The van der Waals surface area contributed by atoms with Crippen LogP contribution < -0.4 is 9.47 Å². The highest BCUT2D eigenvalue weighted by atomic mass is 19.1. The van der Waals surface area contributed by atoms with E-state index in [1.807, 2.05) is 19.1 Å². The van der Waals surface area contributed by atoms with Crippen LogP contribution in [0.25, 0.3) is 11.1 Å². The largest absolute Gasteiger partial charge is 0.485 e. The van der Waals surface area contributed by atoms with Crippen LogP contribution in [0, 0.1) is 17.7 Å². The van der Waals surface area contributed by atoms with Gasteiger partial charge < -0.3 is 24.1 Å². The Bertz CT molecular complexity index is 1530. The molecule has 3 aliphatic rings. The third kappa shape index (κ3) is 6.77. The van der Waals surface area contributed by atoms with Crippen LogP contribution >= 0.6 is 0 Å². The Balaban J connectivity index is 1.35. The summed E-state index contributed by atoms with van der Waals surface area (Å²) in [5, 5.41) is 9.81. The number of hydrogen-bond donors (Lipinski definition) is 1. The van der Waals surface area contributed by atoms with E-state index >= 15 is 4.39 Å². The Hall–Kier alpha value is -3.53. The van der Waals surface area contributed by atoms with Gasteiger partial charge in [-0.2, -0.15) is 0 Å². The van der Waals surface area contributed by atoms with Crippen LogP contribution in [0.4, 0.5) is 4.39 Å². The van der Waals surface area contributed by atoms with Crippen molar-refractivity contribution >= 4 is 5.97 Å². The minimum atomic E-state index is -0.761. The Morgan fingerprint density at radius 1 is 1.00 bits per heavy atom. The number of carboxylic acids is 1. The molecule has 0 amide bonds. The highest BCUT2D eigenvalue weighted by Gasteiger charge is 2.39. The van der Waals surface area contributed by atoms with Gasteiger partial charge in [-0.1, -0.05) is 37.3 Å². The first-order valence-corrected chi connectivity index (χ1v) is 16.4. The third-order valence-electron chi connectivity index (χ3n) is 10.2. The molecule has 2 aliphatic heterocycles. The average molecular weight is 633 g/mol. The molecule has 0 spiro atoms. The summed E-state index contributed by atoms with van der Waals surface area (Å²) in [5.41, 5.74) is 5.42. The molecule has 0 bridgehead atoms. The number of likely N-dealkylation sites (tertiary alicyclic amines) is 1. The quantitative estimate of drug-likeness (QED) is 0.220. The molecule has 3 aromatic rings. The highest BCUT2D eigenvalue weighted by molar-refractivity contribution is 5.71. The number of halogens is 1. The number of carbonyl (C=O) groups is 1. The van der Waals surface area contributed by atoms with Crippen LogP contribution in [0.1, 0.15) is 73.3 Å². The second kappa shape index (κ2) is 14.1. The lowest BCUT2D eigenvalue weighted by atomic mass is 9.82. The molecular weight excluding hydrogens is 587 g/mol. The summed E-state index contributed by atoms with van der Waals surface area (Å²) < 4.78 is 38.6. The second-order valence-electron chi connectivity index (χ2n) is 13.1. The van der Waals surface area contributed by atoms with Crippen molar-refractivity contribution in [2.75, 3.05) is 34.5 Å². The summed E-state index contributed by atoms with van der Waals surface area (Å²) in [5.74, 6) is -0.0660. The zero-order valence-electron chi connectivity index (χ0n) is 27.2. The Kier molecular flexibility index (Phi) is 9.92. The van der Waals surface area contributed by atoms with E-state index in [9.17, 15) is 9.90 Å². The van der Waals surface area contributed by atoms with Gasteiger partial charge in [-0.05, 0) is 84.2 Å². The molecule has 3 heterocycles. The molecule has 1 aromatic heterocycles. The lowest BCUT2D eigenvalue weighted by Crippen LogP contribution is -2.40. The summed E-state index contributed by atoms with van der Waals surface area (Å²) in [4.78, 5) is 18.4. The summed E-state index contributed by atoms with van der Waals surface area (Å²) in [7, 11) is 4.98. The van der Waals surface area contributed by atoms with E-state index in [1.54, 1.807) is 20.3 Å². The minimum Gasteiger partial charge on any atom is -0.485 e. The standard InChI is InChI=1S/C37H45FN2O6/c1-22(37(41)42)36(24-6-7-24)26-8-5-23-10-14-33(46-34(23)16-26)25-9-13-30(31-17-35(45-4)39-18-32(31)38)27(15-25)19-40-28(20-43-2)11-12-29(40)21-44-3/h5,8-9,13,15-18,22,24,28-29,33,36H,6-7,10-12,14,19-21H2,1-4H3,(H,41,42)/t22-,28-,29-,33?,36?/m0/s1. The summed E-state index contributed by atoms with van der Waals surface area (Å²) >= 11 is 0. The van der Waals surface area contributed by atoms with Crippen LogP contribution in [0.15, 0.2) is 48.7 Å². The number of aliphatic carboxylic acids is 1. The molecular formula is C37H45FN2O6. The normalized spacial score (nSPS) is 22.6. The molecule has 46 heavy (non-hydrogen) atoms. The number of aryl methyl sites for hydroxylation is 1. The summed E-state index contributed by atoms with van der Waals surface area (Å²) in [6.07, 6.45) is 6.82. The van der Waals surface area contributed by atoms with Crippen LogP contribution in [0.2, 0.25) is 0 Å². The van der Waals surface area contributed by atoms with Gasteiger partial charge in [0.2, 0.25) is 5.88 Å². The Morgan fingerprint density at radius 2 is 1.74 bits per heavy atom. The molecule has 1 N–H and O–H groups in total. The molecule has 8 nitrogen and oxygen atoms in total. The van der Waals surface area contributed by atoms with Gasteiger partial charge in [-0.15, -0.1) is 0 Å². The van der Waals surface area contributed by atoms with Crippen LogP contribution in [-0.2, 0) is 27.2 Å². The zero-order chi connectivity index (χ0) is 32.4. The SMILES string of the molecule is COC[C@@H]1CC[C@@H](COC)N1Cc1cc(C2CCc3ccc(C(C4CC4)[C@H](C)C(=O)O)cc3O2)ccc1-c1cc(OC)ncc1F. The van der Waals surface area contributed by atoms with Crippen LogP contribution in [0.3, 0.4) is 0 Å². The van der Waals surface area contributed by atoms with E-state index in [1.165, 1.54) is 13.3 Å². The van der Waals surface area contributed by atoms with Crippen LogP contribution in [0.5, 0.6) is 11.6 Å². The number of rotatable bonds is 13. The van der Waals surface area contributed by atoms with Gasteiger partial charge in [0, 0.05) is 44.5 Å². The van der Waals surface area contributed by atoms with E-state index in [0.717, 1.165) is 72.1 Å². The molecule has 0 radical (unpaired) electrons. The Labute approximate surface area is 270 Å². The van der Waals surface area contributed by atoms with E-state index < -0.39 is 17.7 Å². The van der Waals surface area contributed by atoms with Gasteiger partial charge >= 0.3 is 5.97 Å². The topological polar surface area (TPSA) is 90.4 Å². The molecule has 5 atom stereocenters. The number of nitrogens with zero attached hydrogens (tertiary/aromatic N) is 2. The van der Waals surface area contributed by atoms with E-state index in [0.29, 0.717) is 37.1 Å². The van der Waals surface area contributed by atoms with Gasteiger partial charge in [0.15, 0.2) is 0 Å². The first kappa shape index (κ1) is 32.4. The minimum absolute atomic E-state index is 0.0227. The predicted octanol–water partition coefficient (Wildman–Crippen LogP) is 6.80. The third-order valence-corrected chi connectivity index (χ3v) is 10.2. The van der Waals surface area contributed by atoms with E-state index in [4.69, 9.17) is 18.9 Å².